The van der Waals surface area contributed by atoms with Crippen LogP contribution in [0.3, 0.4) is 0 Å². The van der Waals surface area contributed by atoms with Gasteiger partial charge in [0.05, 0.1) is 11.4 Å². The maximum atomic E-state index is 12.5. The molecule has 4 heteroatoms. The van der Waals surface area contributed by atoms with Gasteiger partial charge in [-0.05, 0) is 18.1 Å². The van der Waals surface area contributed by atoms with Crippen LogP contribution in [0.25, 0.3) is 0 Å². The Kier molecular flexibility index (Phi) is 4.02. The van der Waals surface area contributed by atoms with Crippen molar-refractivity contribution in [3.8, 4) is 0 Å². The highest BCUT2D eigenvalue weighted by atomic mass is 32.1. The van der Waals surface area contributed by atoms with Gasteiger partial charge in [0.25, 0.3) is 5.56 Å². The maximum Gasteiger partial charge on any atom is 0.261 e. The molecule has 0 bridgehead atoms. The van der Waals surface area contributed by atoms with Crippen LogP contribution in [-0.2, 0) is 6.54 Å². The summed E-state index contributed by atoms with van der Waals surface area (Å²) in [6.07, 6.45) is 0. The molecule has 0 unspecified atom stereocenters. The molecule has 1 heterocycles. The number of aryl methyl sites for hydroxylation is 1. The molecule has 0 saturated heterocycles. The van der Waals surface area contributed by atoms with Gasteiger partial charge in [-0.25, -0.2) is 0 Å². The number of carbonyl (C=O) groups is 1. The minimum absolute atomic E-state index is 0.0907. The van der Waals surface area contributed by atoms with Crippen LogP contribution in [0.2, 0.25) is 0 Å². The molecule has 0 N–H and O–H groups in total. The summed E-state index contributed by atoms with van der Waals surface area (Å²) in [5.74, 6) is -0.0907. The van der Waals surface area contributed by atoms with Crippen molar-refractivity contribution in [3.63, 3.8) is 0 Å². The largest absolute Gasteiger partial charge is 0.288 e. The normalized spacial score (nSPS) is 10.6. The van der Waals surface area contributed by atoms with Gasteiger partial charge in [0.15, 0.2) is 0 Å². The Morgan fingerprint density at radius 3 is 2.45 bits per heavy atom. The van der Waals surface area contributed by atoms with Crippen molar-refractivity contribution in [3.05, 3.63) is 92.6 Å². The van der Waals surface area contributed by atoms with E-state index in [1.54, 1.807) is 10.0 Å². The number of hydrogen-bond donors (Lipinski definition) is 0. The second-order valence-corrected chi connectivity index (χ2v) is 6.17. The Balaban J connectivity index is 1.91. The molecule has 1 aromatic heterocycles. The van der Waals surface area contributed by atoms with Gasteiger partial charge in [-0.1, -0.05) is 66.1 Å². The zero-order valence-electron chi connectivity index (χ0n) is 12.2. The van der Waals surface area contributed by atoms with Crippen molar-refractivity contribution in [2.75, 3.05) is 0 Å². The maximum absolute atomic E-state index is 12.5. The highest BCUT2D eigenvalue weighted by Gasteiger charge is 2.16. The highest BCUT2D eigenvalue weighted by molar-refractivity contribution is 7.08. The zero-order chi connectivity index (χ0) is 15.5. The topological polar surface area (TPSA) is 39.1 Å². The first kappa shape index (κ1) is 14.5. The number of aromatic nitrogens is 1. The zero-order valence-corrected chi connectivity index (χ0v) is 13.0. The monoisotopic (exact) mass is 309 g/mol. The Morgan fingerprint density at radius 1 is 1.05 bits per heavy atom. The molecule has 0 aliphatic rings. The number of carbonyl (C=O) groups excluding carboxylic acids is 1. The molecule has 2 aromatic carbocycles. The predicted octanol–water partition coefficient (Wildman–Crippen LogP) is 3.50. The fourth-order valence-electron chi connectivity index (χ4n) is 2.30. The lowest BCUT2D eigenvalue weighted by Gasteiger charge is -2.02. The van der Waals surface area contributed by atoms with Crippen LogP contribution in [0, 0.1) is 6.92 Å². The molecule has 0 aliphatic heterocycles. The lowest BCUT2D eigenvalue weighted by molar-refractivity contribution is 0.104. The molecule has 110 valence electrons. The van der Waals surface area contributed by atoms with Gasteiger partial charge in [0.2, 0.25) is 5.78 Å². The molecule has 0 fully saturated rings. The van der Waals surface area contributed by atoms with E-state index >= 15 is 0 Å². The van der Waals surface area contributed by atoms with E-state index in [-0.39, 0.29) is 11.3 Å². The Hall–Kier alpha value is -2.46. The molecule has 0 amide bonds. The Bertz CT molecular complexity index is 862. The van der Waals surface area contributed by atoms with Crippen molar-refractivity contribution in [1.82, 2.24) is 3.96 Å². The van der Waals surface area contributed by atoms with E-state index in [1.165, 1.54) is 17.6 Å². The van der Waals surface area contributed by atoms with Crippen LogP contribution in [0.4, 0.5) is 0 Å². The standard InChI is InChI=1S/C18H15NO2S/c1-13-7-5-6-10-15(13)18(21)16-11-17(20)19(22-16)12-14-8-3-2-4-9-14/h2-11H,12H2,1H3. The minimum atomic E-state index is -0.134. The quantitative estimate of drug-likeness (QED) is 0.692. The van der Waals surface area contributed by atoms with Crippen molar-refractivity contribution < 1.29 is 4.79 Å². The molecule has 3 nitrogen and oxygen atoms in total. The van der Waals surface area contributed by atoms with Crippen molar-refractivity contribution in [2.45, 2.75) is 13.5 Å². The molecule has 0 saturated carbocycles. The average molecular weight is 309 g/mol. The summed E-state index contributed by atoms with van der Waals surface area (Å²) in [6, 6.07) is 18.6. The van der Waals surface area contributed by atoms with E-state index in [9.17, 15) is 9.59 Å². The van der Waals surface area contributed by atoms with Gasteiger partial charge < -0.3 is 0 Å². The number of benzene rings is 2. The smallest absolute Gasteiger partial charge is 0.261 e. The molecule has 0 spiro atoms. The first-order valence-electron chi connectivity index (χ1n) is 7.00. The van der Waals surface area contributed by atoms with Gasteiger partial charge in [-0.3, -0.25) is 13.5 Å². The van der Waals surface area contributed by atoms with Crippen LogP contribution in [-0.4, -0.2) is 9.74 Å². The Labute approximate surface area is 132 Å². The predicted molar refractivity (Wildman–Crippen MR) is 88.7 cm³/mol. The molecule has 3 rings (SSSR count). The summed E-state index contributed by atoms with van der Waals surface area (Å²) in [5.41, 5.74) is 2.48. The fraction of sp³-hybridized carbons (Fsp3) is 0.111. The van der Waals surface area contributed by atoms with E-state index in [1.807, 2.05) is 55.5 Å². The van der Waals surface area contributed by atoms with Crippen LogP contribution in [0.15, 0.2) is 65.5 Å². The third-order valence-electron chi connectivity index (χ3n) is 3.49. The summed E-state index contributed by atoms with van der Waals surface area (Å²) in [4.78, 5) is 25.1. The van der Waals surface area contributed by atoms with Crippen molar-refractivity contribution in [2.24, 2.45) is 0 Å². The van der Waals surface area contributed by atoms with E-state index in [0.717, 1.165) is 11.1 Å². The molecular weight excluding hydrogens is 294 g/mol. The number of nitrogens with zero attached hydrogens (tertiary/aromatic N) is 1. The minimum Gasteiger partial charge on any atom is -0.288 e. The van der Waals surface area contributed by atoms with Crippen LogP contribution in [0.1, 0.15) is 26.4 Å². The molecule has 22 heavy (non-hydrogen) atoms. The highest BCUT2D eigenvalue weighted by Crippen LogP contribution is 2.17. The summed E-state index contributed by atoms with van der Waals surface area (Å²) < 4.78 is 1.61. The van der Waals surface area contributed by atoms with Gasteiger partial charge in [-0.2, -0.15) is 0 Å². The van der Waals surface area contributed by atoms with Gasteiger partial charge in [-0.15, -0.1) is 0 Å². The first-order valence-corrected chi connectivity index (χ1v) is 7.78. The van der Waals surface area contributed by atoms with Crippen LogP contribution < -0.4 is 5.56 Å². The second kappa shape index (κ2) is 6.12. The molecule has 0 radical (unpaired) electrons. The summed E-state index contributed by atoms with van der Waals surface area (Å²) >= 11 is 1.22. The first-order chi connectivity index (χ1) is 10.6. The lowest BCUT2D eigenvalue weighted by atomic mass is 10.0. The van der Waals surface area contributed by atoms with Gasteiger partial charge >= 0.3 is 0 Å². The second-order valence-electron chi connectivity index (χ2n) is 5.10. The molecule has 3 aromatic rings. The third-order valence-corrected chi connectivity index (χ3v) is 4.52. The van der Waals surface area contributed by atoms with Gasteiger partial charge in [0.1, 0.15) is 0 Å². The lowest BCUT2D eigenvalue weighted by Crippen LogP contribution is -2.12. The van der Waals surface area contributed by atoms with E-state index in [2.05, 4.69) is 0 Å². The Morgan fingerprint density at radius 2 is 1.73 bits per heavy atom. The summed E-state index contributed by atoms with van der Waals surface area (Å²) in [5, 5.41) is 0. The van der Waals surface area contributed by atoms with Crippen LogP contribution >= 0.6 is 11.5 Å². The van der Waals surface area contributed by atoms with Crippen molar-refractivity contribution in [1.29, 1.82) is 0 Å². The molecule has 0 atom stereocenters. The molecular formula is C18H15NO2S. The van der Waals surface area contributed by atoms with Crippen molar-refractivity contribution >= 4 is 17.3 Å². The summed E-state index contributed by atoms with van der Waals surface area (Å²) in [6.45, 7) is 2.39. The number of ketones is 1. The number of hydrogen-bond acceptors (Lipinski definition) is 3. The van der Waals surface area contributed by atoms with E-state index in [4.69, 9.17) is 0 Å². The van der Waals surface area contributed by atoms with Gasteiger partial charge in [0, 0.05) is 11.6 Å². The van der Waals surface area contributed by atoms with Crippen LogP contribution in [0.5, 0.6) is 0 Å². The SMILES string of the molecule is Cc1ccccc1C(=O)c1cc(=O)n(Cc2ccccc2)s1. The molecule has 0 aliphatic carbocycles. The third kappa shape index (κ3) is 2.92. The fourth-order valence-corrected chi connectivity index (χ4v) is 3.24. The van der Waals surface area contributed by atoms with E-state index < -0.39 is 0 Å². The average Bonchev–Trinajstić information content (AvgIpc) is 2.89. The van der Waals surface area contributed by atoms with E-state index in [0.29, 0.717) is 17.0 Å². The summed E-state index contributed by atoms with van der Waals surface area (Å²) in [7, 11) is 0. The number of rotatable bonds is 4.